The second-order valence-electron chi connectivity index (χ2n) is 5.00. The van der Waals surface area contributed by atoms with Gasteiger partial charge in [-0.05, 0) is 31.7 Å². The molecule has 0 bridgehead atoms. The van der Waals surface area contributed by atoms with Crippen LogP contribution >= 0.6 is 0 Å². The third kappa shape index (κ3) is 1.93. The Labute approximate surface area is 111 Å². The molecule has 3 rings (SSSR count). The lowest BCUT2D eigenvalue weighted by molar-refractivity contribution is -0.141. The van der Waals surface area contributed by atoms with Gasteiger partial charge in [-0.25, -0.2) is 9.78 Å². The minimum absolute atomic E-state index is 0.485. The van der Waals surface area contributed by atoms with Crippen LogP contribution in [0.25, 0.3) is 11.4 Å². The first kappa shape index (κ1) is 12.0. The highest BCUT2D eigenvalue weighted by molar-refractivity contribution is 5.74. The monoisotopic (exact) mass is 256 g/mol. The van der Waals surface area contributed by atoms with Crippen molar-refractivity contribution < 1.29 is 9.90 Å². The smallest absolute Gasteiger partial charge is 0.326 e. The third-order valence-electron chi connectivity index (χ3n) is 3.77. The highest BCUT2D eigenvalue weighted by Crippen LogP contribution is 2.32. The lowest BCUT2D eigenvalue weighted by atomic mass is 10.0. The molecule has 2 heterocycles. The van der Waals surface area contributed by atoms with E-state index in [1.54, 1.807) is 0 Å². The Morgan fingerprint density at radius 3 is 2.95 bits per heavy atom. The molecule has 1 aliphatic rings. The van der Waals surface area contributed by atoms with Crippen LogP contribution in [0.1, 0.15) is 30.1 Å². The topological polar surface area (TPSA) is 55.1 Å². The van der Waals surface area contributed by atoms with E-state index in [2.05, 4.69) is 4.98 Å². The van der Waals surface area contributed by atoms with Crippen molar-refractivity contribution in [2.45, 2.75) is 32.2 Å². The van der Waals surface area contributed by atoms with Gasteiger partial charge in [0.15, 0.2) is 0 Å². The van der Waals surface area contributed by atoms with Gasteiger partial charge in [-0.3, -0.25) is 0 Å². The third-order valence-corrected chi connectivity index (χ3v) is 3.77. The molecule has 1 aliphatic heterocycles. The number of hydrogen-bond acceptors (Lipinski definition) is 2. The number of imidazole rings is 1. The van der Waals surface area contributed by atoms with Gasteiger partial charge in [0.05, 0.1) is 0 Å². The van der Waals surface area contributed by atoms with E-state index in [1.807, 2.05) is 42.0 Å². The van der Waals surface area contributed by atoms with Crippen LogP contribution in [0.4, 0.5) is 0 Å². The van der Waals surface area contributed by atoms with E-state index in [0.29, 0.717) is 6.42 Å². The minimum atomic E-state index is -0.770. The summed E-state index contributed by atoms with van der Waals surface area (Å²) in [5.41, 5.74) is 3.16. The lowest BCUT2D eigenvalue weighted by Gasteiger charge is -2.24. The van der Waals surface area contributed by atoms with Crippen molar-refractivity contribution in [2.75, 3.05) is 0 Å². The van der Waals surface area contributed by atoms with Gasteiger partial charge < -0.3 is 9.67 Å². The van der Waals surface area contributed by atoms with Crippen LogP contribution in [-0.2, 0) is 11.2 Å². The first-order chi connectivity index (χ1) is 9.18. The van der Waals surface area contributed by atoms with Gasteiger partial charge in [0.2, 0.25) is 0 Å². The van der Waals surface area contributed by atoms with Crippen molar-refractivity contribution in [2.24, 2.45) is 0 Å². The number of rotatable bonds is 2. The van der Waals surface area contributed by atoms with Crippen LogP contribution in [0.2, 0.25) is 0 Å². The van der Waals surface area contributed by atoms with Crippen LogP contribution in [0.15, 0.2) is 30.5 Å². The number of carboxylic acid groups (broad SMARTS) is 1. The molecule has 1 atom stereocenters. The Morgan fingerprint density at radius 1 is 1.42 bits per heavy atom. The summed E-state index contributed by atoms with van der Waals surface area (Å²) < 4.78 is 1.90. The molecule has 0 aliphatic carbocycles. The quantitative estimate of drug-likeness (QED) is 0.898. The molecule has 2 aromatic rings. The Hall–Kier alpha value is -2.10. The fourth-order valence-corrected chi connectivity index (χ4v) is 2.79. The number of benzene rings is 1. The first-order valence-corrected chi connectivity index (χ1v) is 6.53. The number of aromatic nitrogens is 2. The van der Waals surface area contributed by atoms with E-state index in [1.165, 1.54) is 0 Å². The van der Waals surface area contributed by atoms with E-state index >= 15 is 0 Å². The fraction of sp³-hybridized carbons (Fsp3) is 0.333. The Bertz CT molecular complexity index is 631. The molecule has 19 heavy (non-hydrogen) atoms. The van der Waals surface area contributed by atoms with Gasteiger partial charge in [0.25, 0.3) is 0 Å². The summed E-state index contributed by atoms with van der Waals surface area (Å²) in [5.74, 6) is 0.00832. The van der Waals surface area contributed by atoms with E-state index in [4.69, 9.17) is 0 Å². The molecule has 0 fully saturated rings. The SMILES string of the molecule is Cc1ccccc1-c1ncc2n1C(C(=O)O)CCC2. The van der Waals surface area contributed by atoms with Crippen molar-refractivity contribution in [3.63, 3.8) is 0 Å². The van der Waals surface area contributed by atoms with E-state index in [9.17, 15) is 9.90 Å². The highest BCUT2D eigenvalue weighted by Gasteiger charge is 2.29. The first-order valence-electron chi connectivity index (χ1n) is 6.53. The normalized spacial score (nSPS) is 18.1. The Balaban J connectivity index is 2.17. The summed E-state index contributed by atoms with van der Waals surface area (Å²) in [7, 11) is 0. The number of fused-ring (bicyclic) bond motifs is 1. The summed E-state index contributed by atoms with van der Waals surface area (Å²) in [6, 6.07) is 7.48. The van der Waals surface area contributed by atoms with Gasteiger partial charge in [-0.2, -0.15) is 0 Å². The summed E-state index contributed by atoms with van der Waals surface area (Å²) >= 11 is 0. The molecule has 0 radical (unpaired) electrons. The van der Waals surface area contributed by atoms with Crippen molar-refractivity contribution in [1.82, 2.24) is 9.55 Å². The average molecular weight is 256 g/mol. The second-order valence-corrected chi connectivity index (χ2v) is 5.00. The van der Waals surface area contributed by atoms with Crippen LogP contribution in [0, 0.1) is 6.92 Å². The standard InChI is InChI=1S/C15H16N2O2/c1-10-5-2-3-7-12(10)14-16-9-11-6-4-8-13(15(18)19)17(11)14/h2-3,5,7,9,13H,4,6,8H2,1H3,(H,18,19). The van der Waals surface area contributed by atoms with Crippen molar-refractivity contribution in [3.05, 3.63) is 41.7 Å². The number of aryl methyl sites for hydroxylation is 2. The van der Waals surface area contributed by atoms with Crippen LogP contribution in [-0.4, -0.2) is 20.6 Å². The number of nitrogens with zero attached hydrogens (tertiary/aromatic N) is 2. The summed E-state index contributed by atoms with van der Waals surface area (Å²) in [5, 5.41) is 9.40. The van der Waals surface area contributed by atoms with Gasteiger partial charge in [0, 0.05) is 17.5 Å². The molecule has 4 nitrogen and oxygen atoms in total. The summed E-state index contributed by atoms with van der Waals surface area (Å²) in [4.78, 5) is 15.9. The zero-order chi connectivity index (χ0) is 13.4. The van der Waals surface area contributed by atoms with Gasteiger partial charge in [0.1, 0.15) is 11.9 Å². The summed E-state index contributed by atoms with van der Waals surface area (Å²) in [6.07, 6.45) is 4.31. The maximum Gasteiger partial charge on any atom is 0.326 e. The second kappa shape index (κ2) is 4.53. The largest absolute Gasteiger partial charge is 0.480 e. The van der Waals surface area contributed by atoms with Crippen LogP contribution < -0.4 is 0 Å². The number of carboxylic acids is 1. The van der Waals surface area contributed by atoms with Gasteiger partial charge in [-0.1, -0.05) is 24.3 Å². The number of hydrogen-bond donors (Lipinski definition) is 1. The molecule has 1 N–H and O–H groups in total. The van der Waals surface area contributed by atoms with E-state index < -0.39 is 12.0 Å². The Kier molecular flexibility index (Phi) is 2.85. The van der Waals surface area contributed by atoms with Gasteiger partial charge in [-0.15, -0.1) is 0 Å². The van der Waals surface area contributed by atoms with E-state index in [0.717, 1.165) is 35.5 Å². The molecule has 4 heteroatoms. The van der Waals surface area contributed by atoms with Crippen molar-refractivity contribution in [1.29, 1.82) is 0 Å². The van der Waals surface area contributed by atoms with Crippen LogP contribution in [0.5, 0.6) is 0 Å². The van der Waals surface area contributed by atoms with Crippen molar-refractivity contribution in [3.8, 4) is 11.4 Å². The van der Waals surface area contributed by atoms with E-state index in [-0.39, 0.29) is 0 Å². The number of carbonyl (C=O) groups is 1. The molecule has 0 spiro atoms. The molecule has 1 unspecified atom stereocenters. The van der Waals surface area contributed by atoms with Gasteiger partial charge >= 0.3 is 5.97 Å². The molecule has 98 valence electrons. The molecule has 0 saturated heterocycles. The Morgan fingerprint density at radius 2 is 2.21 bits per heavy atom. The molecule has 0 amide bonds. The zero-order valence-corrected chi connectivity index (χ0v) is 10.8. The highest BCUT2D eigenvalue weighted by atomic mass is 16.4. The molecule has 1 aromatic carbocycles. The van der Waals surface area contributed by atoms with Crippen molar-refractivity contribution >= 4 is 5.97 Å². The average Bonchev–Trinajstić information content (AvgIpc) is 2.82. The predicted octanol–water partition coefficient (Wildman–Crippen LogP) is 2.82. The molecular formula is C15H16N2O2. The lowest BCUT2D eigenvalue weighted by Crippen LogP contribution is -2.25. The number of aliphatic carboxylic acids is 1. The molecular weight excluding hydrogens is 240 g/mol. The summed E-state index contributed by atoms with van der Waals surface area (Å²) in [6.45, 7) is 2.02. The fourth-order valence-electron chi connectivity index (χ4n) is 2.79. The zero-order valence-electron chi connectivity index (χ0n) is 10.8. The maximum atomic E-state index is 11.4. The maximum absolute atomic E-state index is 11.4. The molecule has 0 saturated carbocycles. The predicted molar refractivity (Wildman–Crippen MR) is 72.0 cm³/mol. The molecule has 1 aromatic heterocycles. The minimum Gasteiger partial charge on any atom is -0.480 e. The van der Waals surface area contributed by atoms with Crippen LogP contribution in [0.3, 0.4) is 0 Å².